The molecule has 0 fully saturated rings. The van der Waals surface area contributed by atoms with Gasteiger partial charge >= 0.3 is 6.18 Å². The van der Waals surface area contributed by atoms with Crippen molar-refractivity contribution in [2.45, 2.75) is 13.1 Å². The van der Waals surface area contributed by atoms with Gasteiger partial charge in [-0.05, 0) is 18.2 Å². The van der Waals surface area contributed by atoms with Gasteiger partial charge in [-0.2, -0.15) is 13.2 Å². The van der Waals surface area contributed by atoms with Crippen molar-refractivity contribution < 1.29 is 22.8 Å². The van der Waals surface area contributed by atoms with Gasteiger partial charge in [-0.3, -0.25) is 9.59 Å². The number of carbonyl (C=O) groups is 2. The molecule has 0 saturated heterocycles. The lowest BCUT2D eigenvalue weighted by molar-refractivity contribution is -0.136. The van der Waals surface area contributed by atoms with Crippen LogP contribution >= 0.6 is 11.3 Å². The molecule has 6 nitrogen and oxygen atoms in total. The fraction of sp³-hybridized carbons (Fsp3) is 0.267. The first-order valence-electron chi connectivity index (χ1n) is 7.01. The van der Waals surface area contributed by atoms with E-state index in [0.29, 0.717) is 5.69 Å². The molecule has 0 saturated carbocycles. The molecule has 0 aliphatic rings. The van der Waals surface area contributed by atoms with Gasteiger partial charge in [-0.1, -0.05) is 0 Å². The Morgan fingerprint density at radius 3 is 2.44 bits per heavy atom. The van der Waals surface area contributed by atoms with E-state index in [9.17, 15) is 22.8 Å². The van der Waals surface area contributed by atoms with Crippen LogP contribution in [0.4, 0.5) is 29.7 Å². The highest BCUT2D eigenvalue weighted by atomic mass is 32.1. The van der Waals surface area contributed by atoms with Crippen molar-refractivity contribution in [1.29, 1.82) is 0 Å². The zero-order valence-electron chi connectivity index (χ0n) is 13.6. The SMILES string of the molecule is CC(=O)Nc1nc(C(=O)Nc2ccc(N(C)C)cc2C(F)(F)F)cs1. The molecule has 2 aromatic rings. The van der Waals surface area contributed by atoms with E-state index in [4.69, 9.17) is 0 Å². The molecular weight excluding hydrogens is 357 g/mol. The molecular formula is C15H15F3N4O2S. The first-order chi connectivity index (χ1) is 11.6. The number of hydrogen-bond donors (Lipinski definition) is 2. The minimum atomic E-state index is -4.63. The molecule has 0 bridgehead atoms. The van der Waals surface area contributed by atoms with Crippen molar-refractivity contribution in [3.05, 3.63) is 34.8 Å². The number of carbonyl (C=O) groups excluding carboxylic acids is 2. The number of alkyl halides is 3. The predicted molar refractivity (Wildman–Crippen MR) is 90.1 cm³/mol. The smallest absolute Gasteiger partial charge is 0.378 e. The lowest BCUT2D eigenvalue weighted by Gasteiger charge is -2.18. The van der Waals surface area contributed by atoms with Crippen LogP contribution in [0.15, 0.2) is 23.6 Å². The summed E-state index contributed by atoms with van der Waals surface area (Å²) in [6, 6.07) is 3.62. The van der Waals surface area contributed by atoms with Crippen LogP contribution in [0.1, 0.15) is 23.0 Å². The monoisotopic (exact) mass is 372 g/mol. The number of rotatable bonds is 4. The molecule has 0 aliphatic carbocycles. The van der Waals surface area contributed by atoms with Gasteiger partial charge in [0.25, 0.3) is 5.91 Å². The highest BCUT2D eigenvalue weighted by molar-refractivity contribution is 7.14. The Bertz CT molecular complexity index is 802. The molecule has 0 aliphatic heterocycles. The second-order valence-electron chi connectivity index (χ2n) is 5.30. The third-order valence-electron chi connectivity index (χ3n) is 3.09. The summed E-state index contributed by atoms with van der Waals surface area (Å²) in [5.41, 5.74) is -1.05. The van der Waals surface area contributed by atoms with Crippen LogP contribution in [0.5, 0.6) is 0 Å². The Morgan fingerprint density at radius 2 is 1.88 bits per heavy atom. The van der Waals surface area contributed by atoms with Gasteiger partial charge in [-0.25, -0.2) is 4.98 Å². The Hall–Kier alpha value is -2.62. The summed E-state index contributed by atoms with van der Waals surface area (Å²) in [6.07, 6.45) is -4.63. The number of amides is 2. The van der Waals surface area contributed by atoms with Gasteiger partial charge in [0.15, 0.2) is 5.13 Å². The molecule has 134 valence electrons. The summed E-state index contributed by atoms with van der Waals surface area (Å²) in [6.45, 7) is 1.28. The molecule has 2 rings (SSSR count). The molecule has 2 N–H and O–H groups in total. The van der Waals surface area contributed by atoms with Crippen molar-refractivity contribution >= 4 is 39.7 Å². The Labute approximate surface area is 145 Å². The summed E-state index contributed by atoms with van der Waals surface area (Å²) in [7, 11) is 3.24. The number of benzene rings is 1. The third kappa shape index (κ3) is 4.69. The van der Waals surface area contributed by atoms with Crippen molar-refractivity contribution in [3.63, 3.8) is 0 Å². The van der Waals surface area contributed by atoms with E-state index in [-0.39, 0.29) is 22.4 Å². The number of thiazole rings is 1. The fourth-order valence-electron chi connectivity index (χ4n) is 1.93. The summed E-state index contributed by atoms with van der Waals surface area (Å²) >= 11 is 1.00. The molecule has 1 aromatic heterocycles. The summed E-state index contributed by atoms with van der Waals surface area (Å²) in [4.78, 5) is 28.5. The first kappa shape index (κ1) is 18.7. The molecule has 25 heavy (non-hydrogen) atoms. The quantitative estimate of drug-likeness (QED) is 0.862. The average molecular weight is 372 g/mol. The van der Waals surface area contributed by atoms with Gasteiger partial charge in [-0.15, -0.1) is 11.3 Å². The molecule has 1 aromatic carbocycles. The standard InChI is InChI=1S/C15H15F3N4O2S/c1-8(23)19-14-21-12(7-25-14)13(24)20-11-5-4-9(22(2)3)6-10(11)15(16,17)18/h4-7H,1-3H3,(H,20,24)(H,19,21,23). The number of nitrogens with zero attached hydrogens (tertiary/aromatic N) is 2. The Kier molecular flexibility index (Phi) is 5.31. The maximum absolute atomic E-state index is 13.3. The highest BCUT2D eigenvalue weighted by Gasteiger charge is 2.34. The van der Waals surface area contributed by atoms with Crippen LogP contribution in [0.25, 0.3) is 0 Å². The van der Waals surface area contributed by atoms with Gasteiger partial charge < -0.3 is 15.5 Å². The Morgan fingerprint density at radius 1 is 1.20 bits per heavy atom. The summed E-state index contributed by atoms with van der Waals surface area (Å²) in [5, 5.41) is 6.16. The minimum absolute atomic E-state index is 0.0847. The van der Waals surface area contributed by atoms with Crippen molar-refractivity contribution in [2.75, 3.05) is 29.6 Å². The van der Waals surface area contributed by atoms with E-state index in [1.54, 1.807) is 14.1 Å². The second-order valence-corrected chi connectivity index (χ2v) is 6.15. The van der Waals surface area contributed by atoms with Crippen LogP contribution in [-0.2, 0) is 11.0 Å². The Balaban J connectivity index is 2.28. The molecule has 2 amide bonds. The van der Waals surface area contributed by atoms with Crippen LogP contribution < -0.4 is 15.5 Å². The van der Waals surface area contributed by atoms with E-state index < -0.39 is 17.6 Å². The van der Waals surface area contributed by atoms with Gasteiger partial charge in [0, 0.05) is 32.1 Å². The van der Waals surface area contributed by atoms with E-state index in [2.05, 4.69) is 15.6 Å². The van der Waals surface area contributed by atoms with Crippen LogP contribution in [-0.4, -0.2) is 30.9 Å². The fourth-order valence-corrected chi connectivity index (χ4v) is 2.66. The zero-order chi connectivity index (χ0) is 18.8. The summed E-state index contributed by atoms with van der Waals surface area (Å²) in [5.74, 6) is -1.16. The van der Waals surface area contributed by atoms with Crippen LogP contribution in [0.2, 0.25) is 0 Å². The van der Waals surface area contributed by atoms with Gasteiger partial charge in [0.2, 0.25) is 5.91 Å². The summed E-state index contributed by atoms with van der Waals surface area (Å²) < 4.78 is 39.8. The second kappa shape index (κ2) is 7.09. The minimum Gasteiger partial charge on any atom is -0.378 e. The number of hydrogen-bond acceptors (Lipinski definition) is 5. The van der Waals surface area contributed by atoms with Crippen LogP contribution in [0, 0.1) is 0 Å². The normalized spacial score (nSPS) is 11.1. The molecule has 0 atom stereocenters. The van der Waals surface area contributed by atoms with Crippen molar-refractivity contribution in [3.8, 4) is 0 Å². The van der Waals surface area contributed by atoms with E-state index in [1.807, 2.05) is 0 Å². The van der Waals surface area contributed by atoms with Gasteiger partial charge in [0.1, 0.15) is 5.69 Å². The number of aromatic nitrogens is 1. The molecule has 0 spiro atoms. The predicted octanol–water partition coefficient (Wildman–Crippen LogP) is 3.44. The lowest BCUT2D eigenvalue weighted by atomic mass is 10.1. The zero-order valence-corrected chi connectivity index (χ0v) is 14.4. The van der Waals surface area contributed by atoms with Gasteiger partial charge in [0.05, 0.1) is 11.3 Å². The number of nitrogens with one attached hydrogen (secondary N) is 2. The van der Waals surface area contributed by atoms with Crippen LogP contribution in [0.3, 0.4) is 0 Å². The number of anilines is 3. The highest BCUT2D eigenvalue weighted by Crippen LogP contribution is 2.37. The molecule has 0 unspecified atom stereocenters. The lowest BCUT2D eigenvalue weighted by Crippen LogP contribution is -2.18. The maximum Gasteiger partial charge on any atom is 0.418 e. The van der Waals surface area contributed by atoms with Crippen molar-refractivity contribution in [1.82, 2.24) is 4.98 Å². The molecule has 1 heterocycles. The molecule has 0 radical (unpaired) electrons. The topological polar surface area (TPSA) is 74.3 Å². The maximum atomic E-state index is 13.3. The van der Waals surface area contributed by atoms with Crippen molar-refractivity contribution in [2.24, 2.45) is 0 Å². The third-order valence-corrected chi connectivity index (χ3v) is 3.85. The van der Waals surface area contributed by atoms with E-state index in [0.717, 1.165) is 17.4 Å². The molecule has 10 heteroatoms. The van der Waals surface area contributed by atoms with E-state index >= 15 is 0 Å². The van der Waals surface area contributed by atoms with E-state index in [1.165, 1.54) is 29.3 Å². The first-order valence-corrected chi connectivity index (χ1v) is 7.89. The average Bonchev–Trinajstić information content (AvgIpc) is 2.94. The number of halogens is 3. The largest absolute Gasteiger partial charge is 0.418 e.